The zero-order valence-corrected chi connectivity index (χ0v) is 8.22. The van der Waals surface area contributed by atoms with E-state index in [0.29, 0.717) is 0 Å². The lowest BCUT2D eigenvalue weighted by Gasteiger charge is -2.41. The molecular weight excluding hydrogens is 134 g/mol. The molecule has 1 atom stereocenters. The van der Waals surface area contributed by atoms with E-state index >= 15 is 0 Å². The summed E-state index contributed by atoms with van der Waals surface area (Å²) >= 11 is 0. The summed E-state index contributed by atoms with van der Waals surface area (Å²) in [5.74, 6) is 2.86. The molecule has 11 heavy (non-hydrogen) atoms. The Hall–Kier alpha value is -0.0400. The van der Waals surface area contributed by atoms with Gasteiger partial charge in [-0.3, -0.25) is 0 Å². The molecule has 0 spiro atoms. The molecule has 1 nitrogen and oxygen atoms in total. The van der Waals surface area contributed by atoms with Crippen LogP contribution in [-0.4, -0.2) is 13.1 Å². The third-order valence-corrected chi connectivity index (χ3v) is 3.32. The highest BCUT2D eigenvalue weighted by molar-refractivity contribution is 4.86. The van der Waals surface area contributed by atoms with Gasteiger partial charge < -0.3 is 5.32 Å². The maximum atomic E-state index is 3.33. The standard InChI is InChI=1S/C10H21N/c1-7(2)9-5-10(6-9)8(3)11-4/h7-11H,5-6H2,1-4H3. The van der Waals surface area contributed by atoms with Gasteiger partial charge in [0.25, 0.3) is 0 Å². The van der Waals surface area contributed by atoms with Gasteiger partial charge in [0.1, 0.15) is 0 Å². The summed E-state index contributed by atoms with van der Waals surface area (Å²) < 4.78 is 0. The molecule has 1 heteroatoms. The molecule has 0 aromatic carbocycles. The quantitative estimate of drug-likeness (QED) is 0.659. The monoisotopic (exact) mass is 155 g/mol. The molecule has 0 radical (unpaired) electrons. The minimum atomic E-state index is 0.727. The summed E-state index contributed by atoms with van der Waals surface area (Å²) in [5, 5.41) is 3.33. The van der Waals surface area contributed by atoms with Crippen LogP contribution < -0.4 is 5.32 Å². The fraction of sp³-hybridized carbons (Fsp3) is 1.00. The van der Waals surface area contributed by atoms with E-state index < -0.39 is 0 Å². The van der Waals surface area contributed by atoms with Crippen LogP contribution in [0.3, 0.4) is 0 Å². The normalized spacial score (nSPS) is 33.5. The number of hydrogen-bond acceptors (Lipinski definition) is 1. The molecule has 0 aliphatic heterocycles. The average molecular weight is 155 g/mol. The topological polar surface area (TPSA) is 12.0 Å². The highest BCUT2D eigenvalue weighted by Gasteiger charge is 2.33. The summed E-state index contributed by atoms with van der Waals surface area (Å²) in [5.41, 5.74) is 0. The number of rotatable bonds is 3. The van der Waals surface area contributed by atoms with Gasteiger partial charge in [-0.25, -0.2) is 0 Å². The van der Waals surface area contributed by atoms with Crippen molar-refractivity contribution in [2.45, 2.75) is 39.7 Å². The Bertz CT molecular complexity index is 114. The minimum Gasteiger partial charge on any atom is -0.317 e. The van der Waals surface area contributed by atoms with Crippen molar-refractivity contribution in [2.24, 2.45) is 17.8 Å². The second-order valence-corrected chi connectivity index (χ2v) is 4.31. The van der Waals surface area contributed by atoms with Crippen LogP contribution in [-0.2, 0) is 0 Å². The molecular formula is C10H21N. The molecule has 1 rings (SSSR count). The van der Waals surface area contributed by atoms with Crippen molar-refractivity contribution in [3.63, 3.8) is 0 Å². The molecule has 0 aromatic rings. The molecule has 66 valence electrons. The van der Waals surface area contributed by atoms with Gasteiger partial charge in [-0.2, -0.15) is 0 Å². The summed E-state index contributed by atoms with van der Waals surface area (Å²) in [4.78, 5) is 0. The van der Waals surface area contributed by atoms with E-state index in [1.54, 1.807) is 0 Å². The Balaban J connectivity index is 2.18. The van der Waals surface area contributed by atoms with Crippen molar-refractivity contribution in [1.82, 2.24) is 5.32 Å². The maximum Gasteiger partial charge on any atom is 0.00642 e. The van der Waals surface area contributed by atoms with E-state index in [1.165, 1.54) is 12.8 Å². The molecule has 1 N–H and O–H groups in total. The van der Waals surface area contributed by atoms with Gasteiger partial charge in [-0.15, -0.1) is 0 Å². The lowest BCUT2D eigenvalue weighted by Crippen LogP contribution is -2.40. The Labute approximate surface area is 70.6 Å². The van der Waals surface area contributed by atoms with E-state index in [-0.39, 0.29) is 0 Å². The van der Waals surface area contributed by atoms with Gasteiger partial charge >= 0.3 is 0 Å². The minimum absolute atomic E-state index is 0.727. The molecule has 0 saturated heterocycles. The highest BCUT2D eigenvalue weighted by Crippen LogP contribution is 2.40. The number of nitrogens with one attached hydrogen (secondary N) is 1. The average Bonchev–Trinajstić information content (AvgIpc) is 1.83. The molecule has 1 saturated carbocycles. The van der Waals surface area contributed by atoms with Crippen molar-refractivity contribution >= 4 is 0 Å². The van der Waals surface area contributed by atoms with Crippen LogP contribution in [0.2, 0.25) is 0 Å². The Morgan fingerprint density at radius 3 is 2.00 bits per heavy atom. The van der Waals surface area contributed by atoms with E-state index in [9.17, 15) is 0 Å². The fourth-order valence-corrected chi connectivity index (χ4v) is 1.90. The van der Waals surface area contributed by atoms with Gasteiger partial charge in [0.2, 0.25) is 0 Å². The first kappa shape index (κ1) is 9.05. The summed E-state index contributed by atoms with van der Waals surface area (Å²) in [6.45, 7) is 6.97. The fourth-order valence-electron chi connectivity index (χ4n) is 1.90. The van der Waals surface area contributed by atoms with Gasteiger partial charge in [-0.1, -0.05) is 13.8 Å². The predicted octanol–water partition coefficient (Wildman–Crippen LogP) is 2.28. The van der Waals surface area contributed by atoms with Crippen LogP contribution in [0.5, 0.6) is 0 Å². The smallest absolute Gasteiger partial charge is 0.00642 e. The Morgan fingerprint density at radius 2 is 1.64 bits per heavy atom. The Kier molecular flexibility index (Phi) is 2.94. The van der Waals surface area contributed by atoms with Crippen LogP contribution in [0.15, 0.2) is 0 Å². The third-order valence-electron chi connectivity index (χ3n) is 3.32. The lowest BCUT2D eigenvalue weighted by atomic mass is 9.67. The van der Waals surface area contributed by atoms with Crippen molar-refractivity contribution in [1.29, 1.82) is 0 Å². The molecule has 1 aliphatic carbocycles. The van der Waals surface area contributed by atoms with Crippen LogP contribution in [0, 0.1) is 17.8 Å². The highest BCUT2D eigenvalue weighted by atomic mass is 14.9. The summed E-state index contributed by atoms with van der Waals surface area (Å²) in [6, 6.07) is 0.727. The maximum absolute atomic E-state index is 3.33. The molecule has 1 fully saturated rings. The van der Waals surface area contributed by atoms with Gasteiger partial charge in [0.15, 0.2) is 0 Å². The van der Waals surface area contributed by atoms with Gasteiger partial charge in [0, 0.05) is 6.04 Å². The summed E-state index contributed by atoms with van der Waals surface area (Å²) in [6.07, 6.45) is 2.89. The zero-order valence-electron chi connectivity index (χ0n) is 8.22. The SMILES string of the molecule is CNC(C)C1CC(C(C)C)C1. The first-order valence-electron chi connectivity index (χ1n) is 4.82. The first-order chi connectivity index (χ1) is 5.15. The second-order valence-electron chi connectivity index (χ2n) is 4.31. The van der Waals surface area contributed by atoms with Crippen molar-refractivity contribution < 1.29 is 0 Å². The molecule has 0 heterocycles. The third kappa shape index (κ3) is 1.96. The molecule has 0 aromatic heterocycles. The van der Waals surface area contributed by atoms with Crippen LogP contribution in [0.1, 0.15) is 33.6 Å². The van der Waals surface area contributed by atoms with Crippen molar-refractivity contribution in [2.75, 3.05) is 7.05 Å². The molecule has 1 aliphatic rings. The predicted molar refractivity (Wildman–Crippen MR) is 49.6 cm³/mol. The van der Waals surface area contributed by atoms with E-state index in [4.69, 9.17) is 0 Å². The van der Waals surface area contributed by atoms with Crippen LogP contribution >= 0.6 is 0 Å². The molecule has 0 bridgehead atoms. The second kappa shape index (κ2) is 3.57. The van der Waals surface area contributed by atoms with Crippen molar-refractivity contribution in [3.8, 4) is 0 Å². The molecule has 1 unspecified atom stereocenters. The van der Waals surface area contributed by atoms with Crippen molar-refractivity contribution in [3.05, 3.63) is 0 Å². The van der Waals surface area contributed by atoms with Gasteiger partial charge in [0.05, 0.1) is 0 Å². The largest absolute Gasteiger partial charge is 0.317 e. The first-order valence-corrected chi connectivity index (χ1v) is 4.82. The van der Waals surface area contributed by atoms with E-state index in [0.717, 1.165) is 23.8 Å². The zero-order chi connectivity index (χ0) is 8.43. The molecule has 0 amide bonds. The Morgan fingerprint density at radius 1 is 1.09 bits per heavy atom. The summed E-state index contributed by atoms with van der Waals surface area (Å²) in [7, 11) is 2.06. The lowest BCUT2D eigenvalue weighted by molar-refractivity contribution is 0.113. The van der Waals surface area contributed by atoms with E-state index in [2.05, 4.69) is 33.1 Å². The number of hydrogen-bond donors (Lipinski definition) is 1. The van der Waals surface area contributed by atoms with E-state index in [1.807, 2.05) is 0 Å². The van der Waals surface area contributed by atoms with Crippen LogP contribution in [0.4, 0.5) is 0 Å². The van der Waals surface area contributed by atoms with Gasteiger partial charge in [-0.05, 0) is 44.6 Å². The van der Waals surface area contributed by atoms with Crippen LogP contribution in [0.25, 0.3) is 0 Å².